The van der Waals surface area contributed by atoms with Gasteiger partial charge in [0.25, 0.3) is 0 Å². The average molecular weight is 378 g/mol. The summed E-state index contributed by atoms with van der Waals surface area (Å²) in [5.41, 5.74) is 1.97. The zero-order valence-electron chi connectivity index (χ0n) is 15.0. The SMILES string of the molecule is Cc1ccccc1CNC(=O)[C@@H](NS(=O)(=O)c1ccccc1F)C(C)C. The van der Waals surface area contributed by atoms with Gasteiger partial charge in [0.1, 0.15) is 16.8 Å². The molecule has 2 rings (SSSR count). The standard InChI is InChI=1S/C19H23FN2O3S/c1-13(2)18(19(23)21-12-15-9-5-4-8-14(15)3)22-26(24,25)17-11-7-6-10-16(17)20/h4-11,13,18,22H,12H2,1-3H3,(H,21,23)/t18-/m0/s1. The molecule has 0 radical (unpaired) electrons. The molecule has 0 unspecified atom stereocenters. The van der Waals surface area contributed by atoms with E-state index in [1.165, 1.54) is 18.2 Å². The number of carbonyl (C=O) groups excluding carboxylic acids is 1. The summed E-state index contributed by atoms with van der Waals surface area (Å²) < 4.78 is 41.1. The Morgan fingerprint density at radius 3 is 2.31 bits per heavy atom. The topological polar surface area (TPSA) is 75.3 Å². The molecule has 0 saturated carbocycles. The van der Waals surface area contributed by atoms with Gasteiger partial charge < -0.3 is 5.32 Å². The second-order valence-electron chi connectivity index (χ2n) is 6.42. The third-order valence-corrected chi connectivity index (χ3v) is 5.55. The predicted molar refractivity (Wildman–Crippen MR) is 98.4 cm³/mol. The molecule has 1 atom stereocenters. The number of sulfonamides is 1. The van der Waals surface area contributed by atoms with Crippen molar-refractivity contribution in [1.29, 1.82) is 0 Å². The number of rotatable bonds is 7. The van der Waals surface area contributed by atoms with Crippen molar-refractivity contribution >= 4 is 15.9 Å². The second kappa shape index (κ2) is 8.42. The first kappa shape index (κ1) is 20.1. The van der Waals surface area contributed by atoms with Gasteiger partial charge in [0.15, 0.2) is 0 Å². The van der Waals surface area contributed by atoms with Crippen LogP contribution in [-0.2, 0) is 21.4 Å². The van der Waals surface area contributed by atoms with Crippen molar-refractivity contribution < 1.29 is 17.6 Å². The molecule has 0 aliphatic rings. The average Bonchev–Trinajstić information content (AvgIpc) is 2.59. The molecular formula is C19H23FN2O3S. The van der Waals surface area contributed by atoms with E-state index in [1.807, 2.05) is 31.2 Å². The van der Waals surface area contributed by atoms with Crippen LogP contribution in [-0.4, -0.2) is 20.4 Å². The Kier molecular flexibility index (Phi) is 6.50. The number of hydrogen-bond acceptors (Lipinski definition) is 3. The highest BCUT2D eigenvalue weighted by Crippen LogP contribution is 2.16. The van der Waals surface area contributed by atoms with Crippen molar-refractivity contribution in [2.75, 3.05) is 0 Å². The van der Waals surface area contributed by atoms with Crippen molar-refractivity contribution in [3.63, 3.8) is 0 Å². The first-order valence-electron chi connectivity index (χ1n) is 8.31. The van der Waals surface area contributed by atoms with E-state index in [9.17, 15) is 17.6 Å². The fourth-order valence-electron chi connectivity index (χ4n) is 2.49. The van der Waals surface area contributed by atoms with Gasteiger partial charge in [-0.1, -0.05) is 50.2 Å². The van der Waals surface area contributed by atoms with Crippen molar-refractivity contribution in [3.05, 3.63) is 65.5 Å². The van der Waals surface area contributed by atoms with Gasteiger partial charge in [-0.2, -0.15) is 4.72 Å². The van der Waals surface area contributed by atoms with Crippen LogP contribution in [0.25, 0.3) is 0 Å². The maximum absolute atomic E-state index is 13.8. The van der Waals surface area contributed by atoms with Gasteiger partial charge in [-0.3, -0.25) is 4.79 Å². The van der Waals surface area contributed by atoms with Crippen LogP contribution in [0.4, 0.5) is 4.39 Å². The molecule has 0 aliphatic carbocycles. The van der Waals surface area contributed by atoms with Gasteiger partial charge in [0.05, 0.1) is 0 Å². The summed E-state index contributed by atoms with van der Waals surface area (Å²) in [6.07, 6.45) is 0. The number of aryl methyl sites for hydroxylation is 1. The lowest BCUT2D eigenvalue weighted by molar-refractivity contribution is -0.123. The van der Waals surface area contributed by atoms with Crippen molar-refractivity contribution in [3.8, 4) is 0 Å². The monoisotopic (exact) mass is 378 g/mol. The Labute approximate surface area is 153 Å². The van der Waals surface area contributed by atoms with E-state index in [-0.39, 0.29) is 12.5 Å². The van der Waals surface area contributed by atoms with E-state index in [0.29, 0.717) is 0 Å². The molecule has 26 heavy (non-hydrogen) atoms. The van der Waals surface area contributed by atoms with Crippen LogP contribution in [0, 0.1) is 18.7 Å². The molecule has 0 aromatic heterocycles. The minimum absolute atomic E-state index is 0.288. The maximum Gasteiger partial charge on any atom is 0.244 e. The van der Waals surface area contributed by atoms with Gasteiger partial charge in [-0.05, 0) is 36.1 Å². The molecule has 1 amide bonds. The molecule has 5 nitrogen and oxygen atoms in total. The van der Waals surface area contributed by atoms with E-state index in [2.05, 4.69) is 10.0 Å². The summed E-state index contributed by atoms with van der Waals surface area (Å²) in [4.78, 5) is 12.1. The fourth-order valence-corrected chi connectivity index (χ4v) is 3.91. The van der Waals surface area contributed by atoms with Crippen LogP contribution >= 0.6 is 0 Å². The van der Waals surface area contributed by atoms with Crippen molar-refractivity contribution in [2.24, 2.45) is 5.92 Å². The third-order valence-electron chi connectivity index (χ3n) is 4.07. The summed E-state index contributed by atoms with van der Waals surface area (Å²) in [7, 11) is -4.16. The number of hydrogen-bond donors (Lipinski definition) is 2. The summed E-state index contributed by atoms with van der Waals surface area (Å²) in [5.74, 6) is -1.63. The Morgan fingerprint density at radius 2 is 1.69 bits per heavy atom. The Morgan fingerprint density at radius 1 is 1.08 bits per heavy atom. The maximum atomic E-state index is 13.8. The van der Waals surface area contributed by atoms with Crippen LogP contribution in [0.5, 0.6) is 0 Å². The van der Waals surface area contributed by atoms with Crippen molar-refractivity contribution in [2.45, 2.75) is 38.3 Å². The zero-order chi connectivity index (χ0) is 19.3. The highest BCUT2D eigenvalue weighted by Gasteiger charge is 2.29. The molecule has 0 aliphatic heterocycles. The number of carbonyl (C=O) groups is 1. The molecule has 7 heteroatoms. The van der Waals surface area contributed by atoms with E-state index in [0.717, 1.165) is 17.2 Å². The number of amides is 1. The number of nitrogens with one attached hydrogen (secondary N) is 2. The van der Waals surface area contributed by atoms with Crippen molar-refractivity contribution in [1.82, 2.24) is 10.0 Å². The Balaban J connectivity index is 2.14. The van der Waals surface area contributed by atoms with Gasteiger partial charge in [0.2, 0.25) is 15.9 Å². The molecule has 2 N–H and O–H groups in total. The second-order valence-corrected chi connectivity index (χ2v) is 8.10. The third kappa shape index (κ3) is 4.89. The van der Waals surface area contributed by atoms with Gasteiger partial charge >= 0.3 is 0 Å². The van der Waals surface area contributed by atoms with E-state index < -0.39 is 32.7 Å². The molecule has 0 bridgehead atoms. The lowest BCUT2D eigenvalue weighted by atomic mass is 10.0. The minimum Gasteiger partial charge on any atom is -0.351 e. The molecule has 0 saturated heterocycles. The molecule has 2 aromatic carbocycles. The first-order chi connectivity index (χ1) is 12.2. The molecule has 2 aromatic rings. The highest BCUT2D eigenvalue weighted by molar-refractivity contribution is 7.89. The van der Waals surface area contributed by atoms with Gasteiger partial charge in [-0.15, -0.1) is 0 Å². The van der Waals surface area contributed by atoms with E-state index in [1.54, 1.807) is 13.8 Å². The molecule has 0 fully saturated rings. The first-order valence-corrected chi connectivity index (χ1v) is 9.80. The van der Waals surface area contributed by atoms with Crippen LogP contribution in [0.1, 0.15) is 25.0 Å². The fraction of sp³-hybridized carbons (Fsp3) is 0.316. The lowest BCUT2D eigenvalue weighted by Gasteiger charge is -2.22. The normalized spacial score (nSPS) is 12.8. The summed E-state index contributed by atoms with van der Waals surface area (Å²) >= 11 is 0. The summed E-state index contributed by atoms with van der Waals surface area (Å²) in [5, 5.41) is 2.75. The van der Waals surface area contributed by atoms with Crippen LogP contribution in [0.15, 0.2) is 53.4 Å². The quantitative estimate of drug-likeness (QED) is 0.778. The zero-order valence-corrected chi connectivity index (χ0v) is 15.8. The summed E-state index contributed by atoms with van der Waals surface area (Å²) in [6, 6.07) is 11.7. The van der Waals surface area contributed by atoms with Gasteiger partial charge in [0, 0.05) is 6.54 Å². The van der Waals surface area contributed by atoms with Gasteiger partial charge in [-0.25, -0.2) is 12.8 Å². The Bertz CT molecular complexity index is 882. The van der Waals surface area contributed by atoms with Crippen LogP contribution in [0.3, 0.4) is 0 Å². The smallest absolute Gasteiger partial charge is 0.244 e. The highest BCUT2D eigenvalue weighted by atomic mass is 32.2. The number of halogens is 1. The van der Waals surface area contributed by atoms with E-state index in [4.69, 9.17) is 0 Å². The minimum atomic E-state index is -4.16. The molecule has 0 spiro atoms. The molecular weight excluding hydrogens is 355 g/mol. The number of benzene rings is 2. The lowest BCUT2D eigenvalue weighted by Crippen LogP contribution is -2.49. The largest absolute Gasteiger partial charge is 0.351 e. The van der Waals surface area contributed by atoms with Crippen LogP contribution in [0.2, 0.25) is 0 Å². The van der Waals surface area contributed by atoms with Crippen LogP contribution < -0.4 is 10.0 Å². The van der Waals surface area contributed by atoms with E-state index >= 15 is 0 Å². The molecule has 0 heterocycles. The predicted octanol–water partition coefficient (Wildman–Crippen LogP) is 2.75. The summed E-state index contributed by atoms with van der Waals surface area (Å²) in [6.45, 7) is 5.67. The Hall–Kier alpha value is -2.25. The molecule has 140 valence electrons.